The molecule has 1 aromatic carbocycles. The van der Waals surface area contributed by atoms with Gasteiger partial charge in [0.25, 0.3) is 5.91 Å². The summed E-state index contributed by atoms with van der Waals surface area (Å²) in [6, 6.07) is 4.70. The van der Waals surface area contributed by atoms with Crippen molar-refractivity contribution in [2.45, 2.75) is 44.0 Å². The van der Waals surface area contributed by atoms with Crippen LogP contribution in [-0.2, 0) is 14.8 Å². The van der Waals surface area contributed by atoms with E-state index in [-0.39, 0.29) is 29.3 Å². The second-order valence-corrected chi connectivity index (χ2v) is 8.63. The Hall–Kier alpha value is -1.93. The van der Waals surface area contributed by atoms with Crippen LogP contribution in [0.3, 0.4) is 0 Å². The Morgan fingerprint density at radius 1 is 1.31 bits per heavy atom. The third-order valence-electron chi connectivity index (χ3n) is 5.09. The molecule has 1 N–H and O–H groups in total. The van der Waals surface area contributed by atoms with E-state index in [1.807, 2.05) is 4.90 Å². The molecule has 0 saturated carbocycles. The van der Waals surface area contributed by atoms with E-state index in [0.29, 0.717) is 25.1 Å². The Morgan fingerprint density at radius 2 is 2.08 bits per heavy atom. The molecular formula is C18H25N3O4S. The highest BCUT2D eigenvalue weighted by atomic mass is 32.2. The fourth-order valence-corrected chi connectivity index (χ4v) is 4.75. The van der Waals surface area contributed by atoms with Crippen molar-refractivity contribution in [2.75, 3.05) is 26.2 Å². The van der Waals surface area contributed by atoms with Crippen LogP contribution in [0, 0.1) is 6.92 Å². The summed E-state index contributed by atoms with van der Waals surface area (Å²) in [5.41, 5.74) is 1.14. The van der Waals surface area contributed by atoms with Crippen LogP contribution in [0.2, 0.25) is 0 Å². The number of rotatable bonds is 5. The van der Waals surface area contributed by atoms with Crippen molar-refractivity contribution in [3.8, 4) is 0 Å². The molecule has 26 heavy (non-hydrogen) atoms. The van der Waals surface area contributed by atoms with Gasteiger partial charge in [-0.3, -0.25) is 9.59 Å². The maximum atomic E-state index is 13.0. The lowest BCUT2D eigenvalue weighted by atomic mass is 10.1. The normalized spacial score (nSPS) is 20.8. The summed E-state index contributed by atoms with van der Waals surface area (Å²) in [5, 5.41) is 0. The Balaban J connectivity index is 1.79. The number of benzene rings is 1. The standard InChI is InChI=1S/C18H25N3O4S/c1-3-19-26(24,25)15-7-6-13(2)16(11-15)18(23)20-10-8-14(12-20)21-9-4-5-17(21)22/h6-7,11,14,19H,3-5,8-10,12H2,1-2H3. The van der Waals surface area contributed by atoms with Crippen LogP contribution in [0.15, 0.2) is 23.1 Å². The first-order valence-corrected chi connectivity index (χ1v) is 10.5. The maximum absolute atomic E-state index is 13.0. The van der Waals surface area contributed by atoms with Gasteiger partial charge in [0.05, 0.1) is 10.9 Å². The zero-order valence-corrected chi connectivity index (χ0v) is 16.0. The van der Waals surface area contributed by atoms with Crippen LogP contribution in [-0.4, -0.2) is 62.3 Å². The molecule has 0 spiro atoms. The van der Waals surface area contributed by atoms with Crippen molar-refractivity contribution in [1.29, 1.82) is 0 Å². The van der Waals surface area contributed by atoms with Gasteiger partial charge in [-0.05, 0) is 37.5 Å². The lowest BCUT2D eigenvalue weighted by Gasteiger charge is -2.24. The van der Waals surface area contributed by atoms with Crippen LogP contribution in [0.4, 0.5) is 0 Å². The number of amides is 2. The Morgan fingerprint density at radius 3 is 2.73 bits per heavy atom. The SMILES string of the molecule is CCNS(=O)(=O)c1ccc(C)c(C(=O)N2CCC(N3CCCC3=O)C2)c1. The third-order valence-corrected chi connectivity index (χ3v) is 6.63. The van der Waals surface area contributed by atoms with Crippen LogP contribution in [0.1, 0.15) is 42.1 Å². The fraction of sp³-hybridized carbons (Fsp3) is 0.556. The number of nitrogens with zero attached hydrogens (tertiary/aromatic N) is 2. The smallest absolute Gasteiger partial charge is 0.254 e. The molecule has 0 bridgehead atoms. The van der Waals surface area contributed by atoms with E-state index in [0.717, 1.165) is 24.9 Å². The molecule has 0 radical (unpaired) electrons. The van der Waals surface area contributed by atoms with Crippen molar-refractivity contribution in [3.05, 3.63) is 29.3 Å². The Kier molecular flexibility index (Phi) is 5.34. The molecule has 1 atom stereocenters. The Labute approximate surface area is 154 Å². The summed E-state index contributed by atoms with van der Waals surface area (Å²) in [6.07, 6.45) is 2.24. The van der Waals surface area contributed by atoms with Gasteiger partial charge in [-0.25, -0.2) is 13.1 Å². The maximum Gasteiger partial charge on any atom is 0.254 e. The number of sulfonamides is 1. The minimum absolute atomic E-state index is 0.0722. The molecule has 1 aromatic rings. The molecule has 1 unspecified atom stereocenters. The van der Waals surface area contributed by atoms with E-state index >= 15 is 0 Å². The van der Waals surface area contributed by atoms with Crippen molar-refractivity contribution < 1.29 is 18.0 Å². The first-order valence-electron chi connectivity index (χ1n) is 9.02. The van der Waals surface area contributed by atoms with E-state index in [4.69, 9.17) is 0 Å². The van der Waals surface area contributed by atoms with Crippen LogP contribution in [0.5, 0.6) is 0 Å². The Bertz CT molecular complexity index is 822. The molecule has 2 amide bonds. The van der Waals surface area contributed by atoms with Crippen molar-refractivity contribution in [3.63, 3.8) is 0 Å². The van der Waals surface area contributed by atoms with Gasteiger partial charge in [0.1, 0.15) is 0 Å². The molecule has 8 heteroatoms. The summed E-state index contributed by atoms with van der Waals surface area (Å²) >= 11 is 0. The highest BCUT2D eigenvalue weighted by Gasteiger charge is 2.35. The van der Waals surface area contributed by atoms with E-state index in [1.165, 1.54) is 12.1 Å². The predicted octanol–water partition coefficient (Wildman–Crippen LogP) is 1.13. The summed E-state index contributed by atoms with van der Waals surface area (Å²) in [4.78, 5) is 28.6. The molecule has 0 aromatic heterocycles. The molecule has 2 fully saturated rings. The van der Waals surface area contributed by atoms with Crippen molar-refractivity contribution >= 4 is 21.8 Å². The number of hydrogen-bond acceptors (Lipinski definition) is 4. The lowest BCUT2D eigenvalue weighted by molar-refractivity contribution is -0.129. The number of carbonyl (C=O) groups excluding carboxylic acids is 2. The van der Waals surface area contributed by atoms with Gasteiger partial charge in [0, 0.05) is 38.2 Å². The number of likely N-dealkylation sites (tertiary alicyclic amines) is 2. The number of nitrogens with one attached hydrogen (secondary N) is 1. The molecule has 142 valence electrons. The first-order chi connectivity index (χ1) is 12.3. The zero-order valence-electron chi connectivity index (χ0n) is 15.2. The molecule has 7 nitrogen and oxygen atoms in total. The van der Waals surface area contributed by atoms with Crippen molar-refractivity contribution in [2.24, 2.45) is 0 Å². The van der Waals surface area contributed by atoms with E-state index in [2.05, 4.69) is 4.72 Å². The van der Waals surface area contributed by atoms with Gasteiger partial charge < -0.3 is 9.80 Å². The molecule has 2 aliphatic heterocycles. The second kappa shape index (κ2) is 7.36. The topological polar surface area (TPSA) is 86.8 Å². The zero-order chi connectivity index (χ0) is 18.9. The molecular weight excluding hydrogens is 354 g/mol. The minimum atomic E-state index is -3.61. The average molecular weight is 379 g/mol. The van der Waals surface area contributed by atoms with Gasteiger partial charge in [-0.2, -0.15) is 0 Å². The molecule has 2 aliphatic rings. The third kappa shape index (κ3) is 3.61. The molecule has 3 rings (SSSR count). The van der Waals surface area contributed by atoms with Gasteiger partial charge in [0.15, 0.2) is 0 Å². The first kappa shape index (κ1) is 18.8. The van der Waals surface area contributed by atoms with Crippen LogP contribution in [0.25, 0.3) is 0 Å². The predicted molar refractivity (Wildman–Crippen MR) is 97.3 cm³/mol. The summed E-state index contributed by atoms with van der Waals surface area (Å²) in [7, 11) is -3.61. The molecule has 2 heterocycles. The summed E-state index contributed by atoms with van der Waals surface area (Å²) in [6.45, 7) is 5.65. The number of hydrogen-bond donors (Lipinski definition) is 1. The van der Waals surface area contributed by atoms with Gasteiger partial charge >= 0.3 is 0 Å². The van der Waals surface area contributed by atoms with Crippen LogP contribution >= 0.6 is 0 Å². The number of aryl methyl sites for hydroxylation is 1. The fourth-order valence-electron chi connectivity index (χ4n) is 3.68. The minimum Gasteiger partial charge on any atom is -0.338 e. The monoisotopic (exact) mass is 379 g/mol. The van der Waals surface area contributed by atoms with E-state index in [9.17, 15) is 18.0 Å². The number of carbonyl (C=O) groups is 2. The quantitative estimate of drug-likeness (QED) is 0.831. The van der Waals surface area contributed by atoms with E-state index in [1.54, 1.807) is 24.8 Å². The average Bonchev–Trinajstić information content (AvgIpc) is 3.23. The highest BCUT2D eigenvalue weighted by Crippen LogP contribution is 2.24. The summed E-state index contributed by atoms with van der Waals surface area (Å²) in [5.74, 6) is -0.00981. The van der Waals surface area contributed by atoms with Gasteiger partial charge in [-0.1, -0.05) is 13.0 Å². The van der Waals surface area contributed by atoms with Gasteiger partial charge in [-0.15, -0.1) is 0 Å². The summed E-state index contributed by atoms with van der Waals surface area (Å²) < 4.78 is 26.9. The molecule has 0 aliphatic carbocycles. The molecule has 2 saturated heterocycles. The highest BCUT2D eigenvalue weighted by molar-refractivity contribution is 7.89. The van der Waals surface area contributed by atoms with Gasteiger partial charge in [0.2, 0.25) is 15.9 Å². The van der Waals surface area contributed by atoms with Crippen molar-refractivity contribution in [1.82, 2.24) is 14.5 Å². The second-order valence-electron chi connectivity index (χ2n) is 6.86. The lowest BCUT2D eigenvalue weighted by Crippen LogP contribution is -2.39. The van der Waals surface area contributed by atoms with Crippen LogP contribution < -0.4 is 4.72 Å². The largest absolute Gasteiger partial charge is 0.338 e. The van der Waals surface area contributed by atoms with E-state index < -0.39 is 10.0 Å².